The first kappa shape index (κ1) is 24.6. The second-order valence-corrected chi connectivity index (χ2v) is 7.95. The summed E-state index contributed by atoms with van der Waals surface area (Å²) in [6.07, 6.45) is 9.13. The number of H-pyrrole nitrogens is 1. The summed E-state index contributed by atoms with van der Waals surface area (Å²) in [5.74, 6) is 0.473. The van der Waals surface area contributed by atoms with Crippen LogP contribution >= 0.6 is 24.8 Å². The van der Waals surface area contributed by atoms with E-state index in [4.69, 9.17) is 0 Å². The van der Waals surface area contributed by atoms with Gasteiger partial charge in [0.05, 0.1) is 24.0 Å². The van der Waals surface area contributed by atoms with E-state index in [0.717, 1.165) is 28.6 Å². The first-order valence-electron chi connectivity index (χ1n) is 10.3. The minimum atomic E-state index is -0.231. The van der Waals surface area contributed by atoms with Gasteiger partial charge in [-0.3, -0.25) is 0 Å². The number of fused-ring (bicyclic) bond motifs is 1. The lowest BCUT2D eigenvalue weighted by atomic mass is 9.85. The molecule has 1 atom stereocenters. The van der Waals surface area contributed by atoms with Crippen LogP contribution in [0, 0.1) is 11.7 Å². The highest BCUT2D eigenvalue weighted by molar-refractivity contribution is 5.85. The lowest BCUT2D eigenvalue weighted by Crippen LogP contribution is -2.34. The van der Waals surface area contributed by atoms with E-state index in [1.54, 1.807) is 12.4 Å². The van der Waals surface area contributed by atoms with Crippen LogP contribution in [0.25, 0.3) is 22.2 Å². The number of imidazole rings is 1. The minimum Gasteiger partial charge on any atom is -0.395 e. The standard InChI is InChI=1S/C23H28FN3O.2ClH/c24-21-11-17(13-25-19(14-28)10-16-4-2-1-3-5-16)6-8-20(21)18-7-9-22-23(12-18)27-15-26-22;;/h6-9,11-12,15-16,19,25,28H,1-5,10,13-14H2,(H,26,27);2*1H/t19-;;/m0../s1. The Balaban J connectivity index is 0.00000160. The predicted octanol–water partition coefficient (Wildman–Crippen LogP) is 5.63. The van der Waals surface area contributed by atoms with Gasteiger partial charge in [-0.25, -0.2) is 9.37 Å². The lowest BCUT2D eigenvalue weighted by Gasteiger charge is -2.26. The van der Waals surface area contributed by atoms with Crippen LogP contribution in [0.2, 0.25) is 0 Å². The SMILES string of the molecule is Cl.Cl.OC[C@H](CC1CCCCC1)NCc1ccc(-c2ccc3nc[nH]c3c2)c(F)c1. The highest BCUT2D eigenvalue weighted by Gasteiger charge is 2.18. The van der Waals surface area contributed by atoms with Gasteiger partial charge in [-0.1, -0.05) is 50.3 Å². The fourth-order valence-electron chi connectivity index (χ4n) is 4.32. The van der Waals surface area contributed by atoms with E-state index in [-0.39, 0.29) is 43.3 Å². The van der Waals surface area contributed by atoms with Crippen LogP contribution in [0.4, 0.5) is 4.39 Å². The third-order valence-corrected chi connectivity index (χ3v) is 5.92. The number of hydrogen-bond donors (Lipinski definition) is 3. The molecule has 3 N–H and O–H groups in total. The van der Waals surface area contributed by atoms with Crippen molar-refractivity contribution in [3.63, 3.8) is 0 Å². The molecule has 0 bridgehead atoms. The van der Waals surface area contributed by atoms with Crippen LogP contribution in [0.15, 0.2) is 42.7 Å². The van der Waals surface area contributed by atoms with Gasteiger partial charge in [0.1, 0.15) is 5.82 Å². The highest BCUT2D eigenvalue weighted by Crippen LogP contribution is 2.28. The van der Waals surface area contributed by atoms with Crippen LogP contribution in [0.5, 0.6) is 0 Å². The van der Waals surface area contributed by atoms with Gasteiger partial charge in [0, 0.05) is 18.2 Å². The van der Waals surface area contributed by atoms with E-state index < -0.39 is 0 Å². The molecule has 0 spiro atoms. The summed E-state index contributed by atoms with van der Waals surface area (Å²) >= 11 is 0. The van der Waals surface area contributed by atoms with Crippen molar-refractivity contribution >= 4 is 35.8 Å². The van der Waals surface area contributed by atoms with Gasteiger partial charge in [0.15, 0.2) is 0 Å². The normalized spacial score (nSPS) is 15.4. The predicted molar refractivity (Wildman–Crippen MR) is 125 cm³/mol. The van der Waals surface area contributed by atoms with Gasteiger partial charge in [0.2, 0.25) is 0 Å². The number of nitrogens with one attached hydrogen (secondary N) is 2. The van der Waals surface area contributed by atoms with E-state index in [2.05, 4.69) is 15.3 Å². The second kappa shape index (κ2) is 11.7. The lowest BCUT2D eigenvalue weighted by molar-refractivity contribution is 0.203. The zero-order valence-corrected chi connectivity index (χ0v) is 18.6. The number of halogens is 3. The van der Waals surface area contributed by atoms with Crippen molar-refractivity contribution in [3.8, 4) is 11.1 Å². The molecule has 7 heteroatoms. The summed E-state index contributed by atoms with van der Waals surface area (Å²) in [6, 6.07) is 11.2. The van der Waals surface area contributed by atoms with Gasteiger partial charge in [-0.2, -0.15) is 0 Å². The number of benzene rings is 2. The Morgan fingerprint density at radius 1 is 1.10 bits per heavy atom. The van der Waals surface area contributed by atoms with Crippen molar-refractivity contribution in [1.29, 1.82) is 0 Å². The van der Waals surface area contributed by atoms with Crippen molar-refractivity contribution in [2.24, 2.45) is 5.92 Å². The van der Waals surface area contributed by atoms with Gasteiger partial charge in [-0.05, 0) is 41.7 Å². The van der Waals surface area contributed by atoms with Crippen LogP contribution in [-0.4, -0.2) is 27.7 Å². The van der Waals surface area contributed by atoms with Crippen LogP contribution in [0.1, 0.15) is 44.1 Å². The summed E-state index contributed by atoms with van der Waals surface area (Å²) < 4.78 is 14.7. The van der Waals surface area contributed by atoms with Gasteiger partial charge >= 0.3 is 0 Å². The molecule has 4 rings (SSSR count). The molecule has 1 aliphatic carbocycles. The number of hydrogen-bond acceptors (Lipinski definition) is 3. The van der Waals surface area contributed by atoms with E-state index in [0.29, 0.717) is 18.0 Å². The molecule has 0 amide bonds. The van der Waals surface area contributed by atoms with Crippen LogP contribution < -0.4 is 5.32 Å². The summed E-state index contributed by atoms with van der Waals surface area (Å²) in [7, 11) is 0. The second-order valence-electron chi connectivity index (χ2n) is 7.95. The number of aromatic nitrogens is 2. The molecule has 30 heavy (non-hydrogen) atoms. The molecule has 1 heterocycles. The topological polar surface area (TPSA) is 60.9 Å². The molecule has 2 aromatic carbocycles. The third kappa shape index (κ3) is 5.94. The summed E-state index contributed by atoms with van der Waals surface area (Å²) in [4.78, 5) is 7.27. The summed E-state index contributed by atoms with van der Waals surface area (Å²) in [5, 5.41) is 13.1. The average Bonchev–Trinajstić information content (AvgIpc) is 3.20. The summed E-state index contributed by atoms with van der Waals surface area (Å²) in [5.41, 5.74) is 4.08. The maximum atomic E-state index is 14.7. The number of aliphatic hydroxyl groups excluding tert-OH is 1. The molecule has 0 unspecified atom stereocenters. The molecule has 0 saturated heterocycles. The first-order valence-corrected chi connectivity index (χ1v) is 10.3. The van der Waals surface area contributed by atoms with Crippen LogP contribution in [0.3, 0.4) is 0 Å². The molecular formula is C23H30Cl2FN3O. The molecule has 0 aliphatic heterocycles. The van der Waals surface area contributed by atoms with Crippen molar-refractivity contribution < 1.29 is 9.50 Å². The fraction of sp³-hybridized carbons (Fsp3) is 0.435. The molecule has 1 saturated carbocycles. The van der Waals surface area contributed by atoms with Crippen molar-refractivity contribution in [2.75, 3.05) is 6.61 Å². The molecular weight excluding hydrogens is 424 g/mol. The Hall–Kier alpha value is -1.66. The molecule has 164 valence electrons. The highest BCUT2D eigenvalue weighted by atomic mass is 35.5. The minimum absolute atomic E-state index is 0. The average molecular weight is 454 g/mol. The van der Waals surface area contributed by atoms with Gasteiger partial charge < -0.3 is 15.4 Å². The maximum Gasteiger partial charge on any atom is 0.131 e. The van der Waals surface area contributed by atoms with Crippen LogP contribution in [-0.2, 0) is 6.54 Å². The Bertz CT molecular complexity index is 928. The Labute approximate surface area is 189 Å². The molecule has 1 aliphatic rings. The van der Waals surface area contributed by atoms with Crippen molar-refractivity contribution in [2.45, 2.75) is 51.1 Å². The zero-order chi connectivity index (χ0) is 19.3. The number of aliphatic hydroxyl groups is 1. The Morgan fingerprint density at radius 3 is 2.63 bits per heavy atom. The molecule has 4 nitrogen and oxygen atoms in total. The summed E-state index contributed by atoms with van der Waals surface area (Å²) in [6.45, 7) is 0.690. The molecule has 3 aromatic rings. The number of nitrogens with zero attached hydrogens (tertiary/aromatic N) is 1. The van der Waals surface area contributed by atoms with E-state index in [1.807, 2.05) is 30.3 Å². The number of rotatable bonds is 7. The molecule has 1 fully saturated rings. The zero-order valence-electron chi connectivity index (χ0n) is 16.9. The van der Waals surface area contributed by atoms with E-state index in [1.165, 1.54) is 32.1 Å². The van der Waals surface area contributed by atoms with E-state index in [9.17, 15) is 9.50 Å². The van der Waals surface area contributed by atoms with Gasteiger partial charge in [-0.15, -0.1) is 24.8 Å². The third-order valence-electron chi connectivity index (χ3n) is 5.92. The Morgan fingerprint density at radius 2 is 1.90 bits per heavy atom. The molecule has 0 radical (unpaired) electrons. The monoisotopic (exact) mass is 453 g/mol. The fourth-order valence-corrected chi connectivity index (χ4v) is 4.32. The van der Waals surface area contributed by atoms with Crippen molar-refractivity contribution in [3.05, 3.63) is 54.1 Å². The molecule has 1 aromatic heterocycles. The van der Waals surface area contributed by atoms with E-state index >= 15 is 0 Å². The van der Waals surface area contributed by atoms with Crippen molar-refractivity contribution in [1.82, 2.24) is 15.3 Å². The maximum absolute atomic E-state index is 14.7. The smallest absolute Gasteiger partial charge is 0.131 e. The number of aromatic amines is 1. The quantitative estimate of drug-likeness (QED) is 0.434. The Kier molecular flexibility index (Phi) is 9.56. The largest absolute Gasteiger partial charge is 0.395 e. The van der Waals surface area contributed by atoms with Gasteiger partial charge in [0.25, 0.3) is 0 Å². The first-order chi connectivity index (χ1) is 13.7.